The second-order valence-corrected chi connectivity index (χ2v) is 11.9. The molecule has 5 rings (SSSR count). The molecule has 2 atom stereocenters. The minimum absolute atomic E-state index is 0.0323. The normalized spacial score (nSPS) is 18.1. The predicted octanol–water partition coefficient (Wildman–Crippen LogP) is 1.70. The Hall–Kier alpha value is -4.99. The molecule has 1 aliphatic heterocycles. The number of rotatable bonds is 7. The van der Waals surface area contributed by atoms with Gasteiger partial charge in [0.1, 0.15) is 29.3 Å². The number of aromatic nitrogens is 6. The number of carbonyl (C=O) groups is 4. The van der Waals surface area contributed by atoms with Gasteiger partial charge in [-0.2, -0.15) is 0 Å². The predicted molar refractivity (Wildman–Crippen MR) is 161 cm³/mol. The Bertz CT molecular complexity index is 1600. The number of oxazole rings is 1. The lowest BCUT2D eigenvalue weighted by Crippen LogP contribution is -2.45. The first-order valence-electron chi connectivity index (χ1n) is 14.6. The lowest BCUT2D eigenvalue weighted by Gasteiger charge is -2.24. The molecular formula is C29H34N10O5S. The van der Waals surface area contributed by atoms with E-state index >= 15 is 0 Å². The van der Waals surface area contributed by atoms with Gasteiger partial charge in [0.15, 0.2) is 5.69 Å². The van der Waals surface area contributed by atoms with Gasteiger partial charge < -0.3 is 25.3 Å². The maximum atomic E-state index is 13.4. The molecular weight excluding hydrogens is 600 g/mol. The fourth-order valence-electron chi connectivity index (χ4n) is 4.83. The third-order valence-corrected chi connectivity index (χ3v) is 7.99. The molecule has 15 nitrogen and oxygen atoms in total. The van der Waals surface area contributed by atoms with E-state index < -0.39 is 29.8 Å². The third-order valence-electron chi connectivity index (χ3n) is 7.04. The summed E-state index contributed by atoms with van der Waals surface area (Å²) < 4.78 is 7.16. The van der Waals surface area contributed by atoms with Crippen molar-refractivity contribution in [1.29, 1.82) is 0 Å². The van der Waals surface area contributed by atoms with Gasteiger partial charge in [-0.1, -0.05) is 44.2 Å². The van der Waals surface area contributed by atoms with Gasteiger partial charge in [0.25, 0.3) is 11.8 Å². The van der Waals surface area contributed by atoms with Gasteiger partial charge in [0.05, 0.1) is 19.1 Å². The summed E-state index contributed by atoms with van der Waals surface area (Å²) in [6, 6.07) is 8.27. The van der Waals surface area contributed by atoms with Crippen molar-refractivity contribution in [1.82, 2.24) is 51.0 Å². The van der Waals surface area contributed by atoms with Crippen molar-refractivity contribution >= 4 is 35.0 Å². The first kappa shape index (κ1) is 31.4. The number of hydrogen-bond donors (Lipinski definition) is 3. The number of carbonyl (C=O) groups excluding carboxylic acids is 4. The van der Waals surface area contributed by atoms with Crippen LogP contribution in [0.4, 0.5) is 0 Å². The first-order valence-corrected chi connectivity index (χ1v) is 15.4. The Balaban J connectivity index is 1.43. The Labute approximate surface area is 262 Å². The molecule has 0 unspecified atom stereocenters. The molecule has 4 amide bonds. The van der Waals surface area contributed by atoms with Crippen LogP contribution in [-0.2, 0) is 22.6 Å². The molecule has 4 heterocycles. The maximum absolute atomic E-state index is 13.4. The highest BCUT2D eigenvalue weighted by molar-refractivity contribution is 7.09. The van der Waals surface area contributed by atoms with E-state index in [2.05, 4.69) is 41.4 Å². The fourth-order valence-corrected chi connectivity index (χ4v) is 5.69. The zero-order chi connectivity index (χ0) is 31.8. The Morgan fingerprint density at radius 1 is 1.07 bits per heavy atom. The molecule has 4 aromatic rings. The topological polar surface area (TPSA) is 190 Å². The number of nitrogens with one attached hydrogen (secondary N) is 3. The standard InChI is InChI=1S/C29H34N10O5S/c1-18(2)12-21-29-35-23(16-45-29)26(42)30-9-11-38(25(41)8-10-39-17-31-36-37-39)14-24(40)32-20(13-19-6-4-3-5-7-19)28-34-22(15-44-28)27(43)33-21/h3-7,15-18,20-21H,8-14H2,1-2H3,(H,30,42)(H,32,40)(H,33,43)/t20-,21-/m0/s1. The molecule has 1 aromatic carbocycles. The van der Waals surface area contributed by atoms with E-state index in [0.29, 0.717) is 17.8 Å². The van der Waals surface area contributed by atoms with Gasteiger partial charge in [0, 0.05) is 31.3 Å². The van der Waals surface area contributed by atoms with Crippen molar-refractivity contribution in [2.45, 2.75) is 51.7 Å². The first-order chi connectivity index (χ1) is 21.7. The second kappa shape index (κ2) is 14.7. The van der Waals surface area contributed by atoms with Gasteiger partial charge in [-0.3, -0.25) is 19.2 Å². The molecule has 0 aliphatic carbocycles. The van der Waals surface area contributed by atoms with Crippen molar-refractivity contribution < 1.29 is 23.6 Å². The zero-order valence-corrected chi connectivity index (χ0v) is 25.7. The lowest BCUT2D eigenvalue weighted by molar-refractivity contribution is -0.136. The summed E-state index contributed by atoms with van der Waals surface area (Å²) in [6.45, 7) is 4.13. The molecule has 45 heavy (non-hydrogen) atoms. The SMILES string of the molecule is CC(C)C[C@@H]1NC(=O)c2coc(n2)[C@H](Cc2ccccc2)NC(=O)CN(C(=O)CCn2cnnn2)CCNC(=O)c2csc1n2. The van der Waals surface area contributed by atoms with Crippen molar-refractivity contribution in [2.24, 2.45) is 5.92 Å². The maximum Gasteiger partial charge on any atom is 0.273 e. The number of thiazole rings is 1. The van der Waals surface area contributed by atoms with Crippen LogP contribution < -0.4 is 16.0 Å². The highest BCUT2D eigenvalue weighted by Crippen LogP contribution is 2.26. The van der Waals surface area contributed by atoms with E-state index in [0.717, 1.165) is 5.56 Å². The van der Waals surface area contributed by atoms with Gasteiger partial charge >= 0.3 is 0 Å². The number of benzene rings is 1. The van der Waals surface area contributed by atoms with E-state index in [1.54, 1.807) is 5.38 Å². The molecule has 4 bridgehead atoms. The van der Waals surface area contributed by atoms with Crippen LogP contribution in [0.1, 0.15) is 76.2 Å². The van der Waals surface area contributed by atoms with Crippen LogP contribution in [0.3, 0.4) is 0 Å². The molecule has 16 heteroatoms. The molecule has 0 saturated carbocycles. The van der Waals surface area contributed by atoms with Crippen molar-refractivity contribution in [3.63, 3.8) is 0 Å². The molecule has 236 valence electrons. The highest BCUT2D eigenvalue weighted by Gasteiger charge is 2.27. The molecule has 0 fully saturated rings. The summed E-state index contributed by atoms with van der Waals surface area (Å²) in [6.07, 6.45) is 3.59. The van der Waals surface area contributed by atoms with Crippen LogP contribution in [0.25, 0.3) is 0 Å². The van der Waals surface area contributed by atoms with Crippen molar-refractivity contribution in [3.05, 3.63) is 76.2 Å². The fraction of sp³-hybridized carbons (Fsp3) is 0.414. The largest absolute Gasteiger partial charge is 0.446 e. The average molecular weight is 635 g/mol. The molecule has 0 radical (unpaired) electrons. The van der Waals surface area contributed by atoms with E-state index in [1.807, 2.05) is 44.2 Å². The lowest BCUT2D eigenvalue weighted by atomic mass is 10.0. The summed E-state index contributed by atoms with van der Waals surface area (Å²) >= 11 is 1.27. The summed E-state index contributed by atoms with van der Waals surface area (Å²) in [7, 11) is 0. The van der Waals surface area contributed by atoms with Crippen LogP contribution in [0.5, 0.6) is 0 Å². The van der Waals surface area contributed by atoms with Gasteiger partial charge in [0.2, 0.25) is 17.7 Å². The number of fused-ring (bicyclic) bond motifs is 4. The van der Waals surface area contributed by atoms with E-state index in [9.17, 15) is 19.2 Å². The summed E-state index contributed by atoms with van der Waals surface area (Å²) in [4.78, 5) is 63.3. The van der Waals surface area contributed by atoms with Crippen LogP contribution in [0.15, 0.2) is 52.7 Å². The quantitative estimate of drug-likeness (QED) is 0.270. The minimum atomic E-state index is -0.730. The molecule has 1 aliphatic rings. The van der Waals surface area contributed by atoms with E-state index in [1.165, 1.54) is 33.5 Å². The van der Waals surface area contributed by atoms with E-state index in [4.69, 9.17) is 4.42 Å². The highest BCUT2D eigenvalue weighted by atomic mass is 32.1. The van der Waals surface area contributed by atoms with E-state index in [-0.39, 0.29) is 61.7 Å². The number of tetrazole rings is 1. The minimum Gasteiger partial charge on any atom is -0.446 e. The second-order valence-electron chi connectivity index (χ2n) is 11.0. The smallest absolute Gasteiger partial charge is 0.273 e. The van der Waals surface area contributed by atoms with Gasteiger partial charge in [-0.05, 0) is 28.3 Å². The number of amides is 4. The number of aryl methyl sites for hydroxylation is 1. The molecule has 3 aromatic heterocycles. The molecule has 3 N–H and O–H groups in total. The summed E-state index contributed by atoms with van der Waals surface area (Å²) in [5, 5.41) is 21.8. The van der Waals surface area contributed by atoms with Crippen LogP contribution in [0, 0.1) is 5.92 Å². The molecule has 0 saturated heterocycles. The summed E-state index contributed by atoms with van der Waals surface area (Å²) in [5.74, 6) is -1.32. The average Bonchev–Trinajstić information content (AvgIpc) is 3.81. The Morgan fingerprint density at radius 3 is 2.64 bits per heavy atom. The van der Waals surface area contributed by atoms with Crippen LogP contribution >= 0.6 is 11.3 Å². The van der Waals surface area contributed by atoms with Gasteiger partial charge in [-0.25, -0.2) is 14.6 Å². The Morgan fingerprint density at radius 2 is 1.89 bits per heavy atom. The van der Waals surface area contributed by atoms with Crippen molar-refractivity contribution in [2.75, 3.05) is 19.6 Å². The van der Waals surface area contributed by atoms with Crippen LogP contribution in [-0.4, -0.2) is 78.3 Å². The number of hydrogen-bond acceptors (Lipinski definition) is 11. The van der Waals surface area contributed by atoms with Crippen molar-refractivity contribution in [3.8, 4) is 0 Å². The molecule has 0 spiro atoms. The van der Waals surface area contributed by atoms with Gasteiger partial charge in [-0.15, -0.1) is 16.4 Å². The zero-order valence-electron chi connectivity index (χ0n) is 24.9. The summed E-state index contributed by atoms with van der Waals surface area (Å²) in [5.41, 5.74) is 1.14. The van der Waals surface area contributed by atoms with Crippen LogP contribution in [0.2, 0.25) is 0 Å². The Kier molecular flexibility index (Phi) is 10.2. The third kappa shape index (κ3) is 8.56. The number of nitrogens with zero attached hydrogens (tertiary/aromatic N) is 7. The monoisotopic (exact) mass is 634 g/mol.